The maximum atomic E-state index is 14.0. The van der Waals surface area contributed by atoms with Gasteiger partial charge in [-0.15, -0.1) is 0 Å². The predicted octanol–water partition coefficient (Wildman–Crippen LogP) is 3.33. The number of alkyl halides is 6. The zero-order valence-corrected chi connectivity index (χ0v) is 25.9. The van der Waals surface area contributed by atoms with E-state index >= 15 is 0 Å². The zero-order valence-electron chi connectivity index (χ0n) is 25.9. The Morgan fingerprint density at radius 1 is 0.940 bits per heavy atom. The molecule has 0 aromatic heterocycles. The number of Topliss-reactive ketones (excluding diaryl/α,β-unsaturated/α-hetero) is 2. The van der Waals surface area contributed by atoms with Crippen LogP contribution in [0.25, 0.3) is 0 Å². The first-order valence-corrected chi connectivity index (χ1v) is 14.5. The van der Waals surface area contributed by atoms with E-state index in [4.69, 9.17) is 5.73 Å². The van der Waals surface area contributed by atoms with Crippen molar-refractivity contribution < 1.29 is 71.1 Å². The Kier molecular flexibility index (Phi) is 8.48. The standard InChI is InChI=1S/C31H28F6N4O9/c1-9-13-4-5-14(40-28(49)39-12-7-10(30(32,33)34)6-11(8-12)31(35,36)37)21(42)16(13)22(43)17-15(9)23(44)19-20(41(2)3)24(45)18(27(38)48)26(47)29(19,50)25(17)46/h4-9,15,19-20,23,42,44-46,50H,1-3H3,(H2,38,48)(H2,39,40,49)/t9-,15+,19+,20+,23-,29+/m1/s1. The highest BCUT2D eigenvalue weighted by molar-refractivity contribution is 6.25. The molecule has 13 nitrogen and oxygen atoms in total. The van der Waals surface area contributed by atoms with Gasteiger partial charge in [0.15, 0.2) is 17.1 Å². The second kappa shape index (κ2) is 11.7. The molecule has 0 fully saturated rings. The fraction of sp³-hybridized carbons (Fsp3) is 0.355. The van der Waals surface area contributed by atoms with E-state index in [1.165, 1.54) is 32.0 Å². The van der Waals surface area contributed by atoms with Crippen LogP contribution in [0.15, 0.2) is 53.0 Å². The number of ketones is 2. The fourth-order valence-electron chi connectivity index (χ4n) is 7.04. The third-order valence-electron chi connectivity index (χ3n) is 9.23. The molecule has 0 saturated heterocycles. The van der Waals surface area contributed by atoms with Gasteiger partial charge in [-0.1, -0.05) is 13.0 Å². The van der Waals surface area contributed by atoms with Crippen molar-refractivity contribution in [3.05, 3.63) is 75.3 Å². The van der Waals surface area contributed by atoms with Crippen LogP contribution in [0.3, 0.4) is 0 Å². The van der Waals surface area contributed by atoms with Crippen molar-refractivity contribution in [1.82, 2.24) is 4.90 Å². The van der Waals surface area contributed by atoms with Gasteiger partial charge in [-0.2, -0.15) is 26.3 Å². The predicted molar refractivity (Wildman–Crippen MR) is 159 cm³/mol. The smallest absolute Gasteiger partial charge is 0.416 e. The van der Waals surface area contributed by atoms with Crippen LogP contribution in [-0.4, -0.2) is 85.8 Å². The van der Waals surface area contributed by atoms with Gasteiger partial charge >= 0.3 is 18.4 Å². The van der Waals surface area contributed by atoms with E-state index in [1.54, 1.807) is 5.32 Å². The van der Waals surface area contributed by atoms with Crippen LogP contribution in [-0.2, 0) is 21.9 Å². The summed E-state index contributed by atoms with van der Waals surface area (Å²) in [6, 6.07) is -0.351. The summed E-state index contributed by atoms with van der Waals surface area (Å²) in [4.78, 5) is 53.6. The van der Waals surface area contributed by atoms with Crippen LogP contribution in [0, 0.1) is 11.8 Å². The number of nitrogens with one attached hydrogen (secondary N) is 2. The molecule has 3 aliphatic carbocycles. The Morgan fingerprint density at radius 2 is 1.50 bits per heavy atom. The van der Waals surface area contributed by atoms with Crippen LogP contribution in [0.1, 0.15) is 39.9 Å². The Bertz CT molecular complexity index is 1890. The molecule has 0 radical (unpaired) electrons. The highest BCUT2D eigenvalue weighted by Crippen LogP contribution is 2.56. The van der Waals surface area contributed by atoms with Crippen molar-refractivity contribution in [3.8, 4) is 5.75 Å². The summed E-state index contributed by atoms with van der Waals surface area (Å²) in [5.41, 5.74) is -5.28. The number of nitrogens with two attached hydrogens (primary N) is 1. The van der Waals surface area contributed by atoms with Crippen LogP contribution in [0.4, 0.5) is 42.5 Å². The number of urea groups is 1. The minimum Gasteiger partial charge on any atom is -0.510 e. The van der Waals surface area contributed by atoms with E-state index in [-0.39, 0.29) is 23.8 Å². The number of primary amides is 1. The molecule has 0 aliphatic heterocycles. The molecule has 19 heteroatoms. The summed E-state index contributed by atoms with van der Waals surface area (Å²) >= 11 is 0. The number of nitrogens with zero attached hydrogens (tertiary/aromatic N) is 1. The molecule has 9 N–H and O–H groups in total. The third kappa shape index (κ3) is 5.41. The minimum absolute atomic E-state index is 0.0262. The lowest BCUT2D eigenvalue weighted by Gasteiger charge is -2.53. The first-order chi connectivity index (χ1) is 22.9. The number of aromatic hydroxyl groups is 1. The maximum Gasteiger partial charge on any atom is 0.416 e. The minimum atomic E-state index is -5.21. The van der Waals surface area contributed by atoms with Gasteiger partial charge in [0.25, 0.3) is 5.91 Å². The van der Waals surface area contributed by atoms with Gasteiger partial charge in [0.2, 0.25) is 5.78 Å². The van der Waals surface area contributed by atoms with Crippen LogP contribution < -0.4 is 16.4 Å². The Morgan fingerprint density at radius 3 is 2.00 bits per heavy atom. The number of phenols is 1. The Labute approximate surface area is 277 Å². The van der Waals surface area contributed by atoms with Gasteiger partial charge in [-0.3, -0.25) is 19.3 Å². The van der Waals surface area contributed by atoms with E-state index in [2.05, 4.69) is 0 Å². The normalized spacial score (nSPS) is 26.8. The molecule has 0 heterocycles. The molecule has 0 spiro atoms. The number of carbonyl (C=O) groups is 4. The summed E-state index contributed by atoms with van der Waals surface area (Å²) in [5.74, 6) is -11.7. The average Bonchev–Trinajstić information content (AvgIpc) is 2.98. The molecule has 0 saturated carbocycles. The van der Waals surface area contributed by atoms with E-state index < -0.39 is 128 Å². The summed E-state index contributed by atoms with van der Waals surface area (Å²) in [6.07, 6.45) is -12.3. The molecule has 6 atom stereocenters. The van der Waals surface area contributed by atoms with Gasteiger partial charge in [-0.05, 0) is 49.8 Å². The summed E-state index contributed by atoms with van der Waals surface area (Å²) in [5, 5.41) is 60.7. The van der Waals surface area contributed by atoms with Gasteiger partial charge in [0, 0.05) is 17.2 Å². The van der Waals surface area contributed by atoms with Crippen LogP contribution in [0.2, 0.25) is 0 Å². The lowest BCUT2D eigenvalue weighted by Crippen LogP contribution is -2.68. The number of aliphatic hydroxyl groups is 4. The topological polar surface area (TPSA) is 223 Å². The quantitative estimate of drug-likeness (QED) is 0.131. The number of amides is 3. The number of hydrogen-bond donors (Lipinski definition) is 8. The van der Waals surface area contributed by atoms with Crippen molar-refractivity contribution in [1.29, 1.82) is 0 Å². The number of benzene rings is 2. The molecule has 2 aromatic rings. The van der Waals surface area contributed by atoms with Gasteiger partial charge < -0.3 is 41.9 Å². The van der Waals surface area contributed by atoms with E-state index in [1.807, 2.05) is 5.32 Å². The molecule has 268 valence electrons. The molecule has 5 rings (SSSR count). The van der Waals surface area contributed by atoms with Gasteiger partial charge in [-0.25, -0.2) is 4.79 Å². The maximum absolute atomic E-state index is 14.0. The van der Waals surface area contributed by atoms with Crippen molar-refractivity contribution in [2.75, 3.05) is 24.7 Å². The molecule has 3 aliphatic rings. The summed E-state index contributed by atoms with van der Waals surface area (Å²) in [6.45, 7) is 1.45. The number of halogens is 6. The second-order valence-electron chi connectivity index (χ2n) is 12.4. The zero-order chi connectivity index (χ0) is 37.6. The number of aliphatic hydroxyl groups excluding tert-OH is 3. The number of anilines is 2. The van der Waals surface area contributed by atoms with Crippen molar-refractivity contribution in [2.45, 2.75) is 42.9 Å². The average molecular weight is 715 g/mol. The molecule has 0 unspecified atom stereocenters. The number of hydrogen-bond acceptors (Lipinski definition) is 10. The molecule has 3 amide bonds. The van der Waals surface area contributed by atoms with Crippen molar-refractivity contribution in [3.63, 3.8) is 0 Å². The second-order valence-corrected chi connectivity index (χ2v) is 12.4. The Hall–Kier alpha value is -5.14. The highest BCUT2D eigenvalue weighted by Gasteiger charge is 2.67. The number of phenolic OH excluding ortho intramolecular Hbond substituents is 1. The summed E-state index contributed by atoms with van der Waals surface area (Å²) < 4.78 is 79.6. The summed E-state index contributed by atoms with van der Waals surface area (Å²) in [7, 11) is 2.74. The van der Waals surface area contributed by atoms with E-state index in [0.717, 1.165) is 6.07 Å². The van der Waals surface area contributed by atoms with Gasteiger partial charge in [0.05, 0.1) is 40.4 Å². The molecular formula is C31H28F6N4O9. The van der Waals surface area contributed by atoms with Gasteiger partial charge in [0.1, 0.15) is 17.1 Å². The Balaban J connectivity index is 1.56. The molecule has 50 heavy (non-hydrogen) atoms. The SMILES string of the molecule is C[C@@H]1c2ccc(NC(=O)Nc3cc(C(F)(F)F)cc(C(F)(F)F)c3)c(O)c2C(=O)C2=C(O)[C@]3(O)C(=O)C(C(N)=O)=C(O)[C@@H](N(C)C)[C@H]3[C@H](O)[C@H]21. The van der Waals surface area contributed by atoms with Crippen LogP contribution in [0.5, 0.6) is 5.75 Å². The molecule has 2 aromatic carbocycles. The molecular weight excluding hydrogens is 686 g/mol. The first-order valence-electron chi connectivity index (χ1n) is 14.5. The first kappa shape index (κ1) is 36.1. The fourth-order valence-corrected chi connectivity index (χ4v) is 7.04. The molecule has 0 bridgehead atoms. The highest BCUT2D eigenvalue weighted by atomic mass is 19.4. The van der Waals surface area contributed by atoms with E-state index in [0.29, 0.717) is 0 Å². The third-order valence-corrected chi connectivity index (χ3v) is 9.23. The van der Waals surface area contributed by atoms with Crippen molar-refractivity contribution >= 4 is 34.9 Å². The van der Waals surface area contributed by atoms with Crippen molar-refractivity contribution in [2.24, 2.45) is 17.6 Å². The number of carbonyl (C=O) groups excluding carboxylic acids is 4. The number of likely N-dealkylation sites (N-methyl/N-ethyl adjacent to an activating group) is 1. The number of fused-ring (bicyclic) bond motifs is 3. The monoisotopic (exact) mass is 714 g/mol. The van der Waals surface area contributed by atoms with Crippen LogP contribution >= 0.6 is 0 Å². The lowest BCUT2D eigenvalue weighted by atomic mass is 9.55. The lowest BCUT2D eigenvalue weighted by molar-refractivity contribution is -0.162. The number of rotatable bonds is 4. The van der Waals surface area contributed by atoms with E-state index in [9.17, 15) is 71.1 Å². The largest absolute Gasteiger partial charge is 0.510 e.